The highest BCUT2D eigenvalue weighted by atomic mass is 32.2. The Morgan fingerprint density at radius 1 is 1.22 bits per heavy atom. The normalized spacial score (nSPS) is 12.7. The van der Waals surface area contributed by atoms with E-state index < -0.39 is 27.9 Å². The van der Waals surface area contributed by atoms with Gasteiger partial charge in [0.15, 0.2) is 0 Å². The largest absolute Gasteiger partial charge is 0.481 e. The van der Waals surface area contributed by atoms with Gasteiger partial charge in [0.2, 0.25) is 5.09 Å². The molecule has 1 aromatic heterocycles. The highest BCUT2D eigenvalue weighted by Gasteiger charge is 2.27. The summed E-state index contributed by atoms with van der Waals surface area (Å²) in [7, 11) is -1.07. The Balaban J connectivity index is 2.27. The number of carboxylic acid groups (broad SMARTS) is 1. The molecule has 0 saturated carbocycles. The number of aryl methyl sites for hydroxylation is 1. The van der Waals surface area contributed by atoms with Crippen LogP contribution in [-0.4, -0.2) is 43.8 Å². The number of furan rings is 1. The summed E-state index contributed by atoms with van der Waals surface area (Å²) in [6, 6.07) is 9.63. The lowest BCUT2D eigenvalue weighted by atomic mass is 10.0. The Morgan fingerprint density at radius 2 is 1.85 bits per heavy atom. The van der Waals surface area contributed by atoms with Crippen LogP contribution in [0.2, 0.25) is 0 Å². The van der Waals surface area contributed by atoms with Crippen molar-refractivity contribution >= 4 is 21.9 Å². The lowest BCUT2D eigenvalue weighted by molar-refractivity contribution is -0.137. The Hall–Kier alpha value is -2.65. The first-order chi connectivity index (χ1) is 12.6. The number of nitrogens with zero attached hydrogens (tertiary/aromatic N) is 1. The molecule has 0 aliphatic rings. The van der Waals surface area contributed by atoms with E-state index in [4.69, 9.17) is 9.52 Å². The number of hydrogen-bond acceptors (Lipinski definition) is 5. The third-order valence-corrected chi connectivity index (χ3v) is 5.70. The highest BCUT2D eigenvalue weighted by Crippen LogP contribution is 2.24. The van der Waals surface area contributed by atoms with E-state index in [9.17, 15) is 18.0 Å². The van der Waals surface area contributed by atoms with E-state index in [-0.39, 0.29) is 29.3 Å². The van der Waals surface area contributed by atoms with Gasteiger partial charge in [-0.3, -0.25) is 9.59 Å². The lowest BCUT2D eigenvalue weighted by Gasteiger charge is -2.18. The first kappa shape index (κ1) is 20.7. The van der Waals surface area contributed by atoms with Crippen LogP contribution in [0.25, 0.3) is 0 Å². The molecule has 8 nitrogen and oxygen atoms in total. The first-order valence-corrected chi connectivity index (χ1v) is 9.67. The number of carbonyl (C=O) groups is 2. The maximum absolute atomic E-state index is 12.7. The molecule has 1 unspecified atom stereocenters. The van der Waals surface area contributed by atoms with Gasteiger partial charge >= 0.3 is 5.97 Å². The van der Waals surface area contributed by atoms with Gasteiger partial charge in [-0.1, -0.05) is 30.3 Å². The molecule has 0 aliphatic carbocycles. The summed E-state index contributed by atoms with van der Waals surface area (Å²) in [4.78, 5) is 23.6. The standard InChI is InChI=1S/C18H22N2O6S/c1-12-14(11-17(26-12)27(24,25)20(2)3)18(23)19-15(9-10-16(21)22)13-7-5-4-6-8-13/h4-8,11,15H,9-10H2,1-3H3,(H,19,23)(H,21,22). The molecule has 0 fully saturated rings. The zero-order valence-corrected chi connectivity index (χ0v) is 16.1. The summed E-state index contributed by atoms with van der Waals surface area (Å²) >= 11 is 0. The molecule has 1 amide bonds. The molecule has 0 bridgehead atoms. The number of benzene rings is 1. The van der Waals surface area contributed by atoms with Crippen molar-refractivity contribution in [2.45, 2.75) is 30.9 Å². The minimum absolute atomic E-state index is 0.0895. The van der Waals surface area contributed by atoms with E-state index in [1.807, 2.05) is 6.07 Å². The monoisotopic (exact) mass is 394 g/mol. The second-order valence-electron chi connectivity index (χ2n) is 6.19. The van der Waals surface area contributed by atoms with Crippen molar-refractivity contribution in [2.75, 3.05) is 14.1 Å². The second kappa shape index (κ2) is 8.36. The van der Waals surface area contributed by atoms with Crippen LogP contribution in [0.4, 0.5) is 0 Å². The van der Waals surface area contributed by atoms with Crippen LogP contribution in [-0.2, 0) is 14.8 Å². The first-order valence-electron chi connectivity index (χ1n) is 8.23. The van der Waals surface area contributed by atoms with E-state index in [1.54, 1.807) is 24.3 Å². The topological polar surface area (TPSA) is 117 Å². The summed E-state index contributed by atoms with van der Waals surface area (Å²) in [6.45, 7) is 1.50. The molecular weight excluding hydrogens is 372 g/mol. The molecule has 9 heteroatoms. The number of sulfonamides is 1. The van der Waals surface area contributed by atoms with Crippen molar-refractivity contribution in [1.82, 2.24) is 9.62 Å². The van der Waals surface area contributed by atoms with Crippen LogP contribution in [0.5, 0.6) is 0 Å². The van der Waals surface area contributed by atoms with Gasteiger partial charge in [-0.2, -0.15) is 0 Å². The lowest BCUT2D eigenvalue weighted by Crippen LogP contribution is -2.29. The van der Waals surface area contributed by atoms with Crippen molar-refractivity contribution < 1.29 is 27.5 Å². The molecule has 146 valence electrons. The fourth-order valence-corrected chi connectivity index (χ4v) is 3.36. The molecule has 1 aromatic carbocycles. The number of amides is 1. The predicted molar refractivity (Wildman–Crippen MR) is 97.8 cm³/mol. The second-order valence-corrected chi connectivity index (χ2v) is 8.27. The molecule has 1 heterocycles. The van der Waals surface area contributed by atoms with Crippen molar-refractivity contribution in [1.29, 1.82) is 0 Å². The third-order valence-electron chi connectivity index (χ3n) is 4.03. The summed E-state index contributed by atoms with van der Waals surface area (Å²) in [5.41, 5.74) is 0.848. The average molecular weight is 394 g/mol. The summed E-state index contributed by atoms with van der Waals surface area (Å²) < 4.78 is 30.6. The molecule has 0 spiro atoms. The van der Waals surface area contributed by atoms with Crippen LogP contribution in [0, 0.1) is 6.92 Å². The molecule has 2 N–H and O–H groups in total. The maximum atomic E-state index is 12.7. The quantitative estimate of drug-likeness (QED) is 0.709. The van der Waals surface area contributed by atoms with E-state index in [0.717, 1.165) is 9.87 Å². The van der Waals surface area contributed by atoms with Gasteiger partial charge in [-0.05, 0) is 18.9 Å². The Labute approximate surface area is 157 Å². The molecule has 0 aliphatic heterocycles. The van der Waals surface area contributed by atoms with Gasteiger partial charge in [-0.15, -0.1) is 0 Å². The fraction of sp³-hybridized carbons (Fsp3) is 0.333. The van der Waals surface area contributed by atoms with Crippen molar-refractivity contribution in [3.8, 4) is 0 Å². The number of aliphatic carboxylic acids is 1. The zero-order valence-electron chi connectivity index (χ0n) is 15.3. The van der Waals surface area contributed by atoms with Crippen LogP contribution < -0.4 is 5.32 Å². The number of rotatable bonds is 8. The van der Waals surface area contributed by atoms with Crippen molar-refractivity contribution in [2.24, 2.45) is 0 Å². The molecule has 0 saturated heterocycles. The highest BCUT2D eigenvalue weighted by molar-refractivity contribution is 7.88. The molecule has 0 radical (unpaired) electrons. The van der Waals surface area contributed by atoms with E-state index >= 15 is 0 Å². The predicted octanol–water partition coefficient (Wildman–Crippen LogP) is 2.17. The van der Waals surface area contributed by atoms with Crippen LogP contribution >= 0.6 is 0 Å². The van der Waals surface area contributed by atoms with E-state index in [2.05, 4.69) is 5.32 Å². The number of carboxylic acids is 1. The van der Waals surface area contributed by atoms with E-state index in [0.29, 0.717) is 0 Å². The molecule has 2 aromatic rings. The number of nitrogens with one attached hydrogen (secondary N) is 1. The van der Waals surface area contributed by atoms with Gasteiger partial charge in [0.1, 0.15) is 5.76 Å². The zero-order chi connectivity index (χ0) is 20.2. The van der Waals surface area contributed by atoms with E-state index in [1.165, 1.54) is 27.1 Å². The molecule has 27 heavy (non-hydrogen) atoms. The van der Waals surface area contributed by atoms with Gasteiger partial charge in [0, 0.05) is 26.6 Å². The molecule has 2 rings (SSSR count). The van der Waals surface area contributed by atoms with Gasteiger partial charge < -0.3 is 14.8 Å². The summed E-state index contributed by atoms with van der Waals surface area (Å²) in [5, 5.41) is 11.4. The number of hydrogen-bond donors (Lipinski definition) is 2. The van der Waals surface area contributed by atoms with Crippen LogP contribution in [0.15, 0.2) is 45.9 Å². The third kappa shape index (κ3) is 4.95. The minimum Gasteiger partial charge on any atom is -0.481 e. The smallest absolute Gasteiger partial charge is 0.303 e. The summed E-state index contributed by atoms with van der Waals surface area (Å²) in [5.74, 6) is -1.34. The fourth-order valence-electron chi connectivity index (χ4n) is 2.50. The van der Waals surface area contributed by atoms with Crippen molar-refractivity contribution in [3.63, 3.8) is 0 Å². The Morgan fingerprint density at radius 3 is 2.41 bits per heavy atom. The average Bonchev–Trinajstić information content (AvgIpc) is 3.01. The minimum atomic E-state index is -3.81. The van der Waals surface area contributed by atoms with Gasteiger partial charge in [0.25, 0.3) is 15.9 Å². The molecule has 1 atom stereocenters. The maximum Gasteiger partial charge on any atom is 0.303 e. The van der Waals surface area contributed by atoms with Crippen LogP contribution in [0.1, 0.15) is 40.6 Å². The molecular formula is C18H22N2O6S. The SMILES string of the molecule is Cc1oc(S(=O)(=O)N(C)C)cc1C(=O)NC(CCC(=O)O)c1ccccc1. The van der Waals surface area contributed by atoms with Crippen LogP contribution in [0.3, 0.4) is 0 Å². The Bertz CT molecular complexity index is 919. The number of carbonyl (C=O) groups excluding carboxylic acids is 1. The van der Waals surface area contributed by atoms with Gasteiger partial charge in [-0.25, -0.2) is 12.7 Å². The summed E-state index contributed by atoms with van der Waals surface area (Å²) in [6.07, 6.45) is 0.0787. The van der Waals surface area contributed by atoms with Gasteiger partial charge in [0.05, 0.1) is 11.6 Å². The Kier molecular flexibility index (Phi) is 6.40. The van der Waals surface area contributed by atoms with Crippen molar-refractivity contribution in [3.05, 3.63) is 53.3 Å².